The smallest absolute Gasteiger partial charge is 0.230 e. The number of fused-ring (bicyclic) bond motifs is 2. The Bertz CT molecular complexity index is 1250. The minimum absolute atomic E-state index is 0.427. The summed E-state index contributed by atoms with van der Waals surface area (Å²) in [7, 11) is 1.67. The highest BCUT2D eigenvalue weighted by Crippen LogP contribution is 2.46. The Kier molecular flexibility index (Phi) is 6.33. The van der Waals surface area contributed by atoms with Crippen LogP contribution in [0.25, 0.3) is 0 Å². The van der Waals surface area contributed by atoms with E-state index in [1.165, 1.54) is 5.56 Å². The van der Waals surface area contributed by atoms with Crippen LogP contribution < -0.4 is 29.3 Å². The number of ether oxygens (including phenoxy) is 4. The molecule has 0 bridgehead atoms. The van der Waals surface area contributed by atoms with E-state index in [0.717, 1.165) is 66.9 Å². The molecule has 0 atom stereocenters. The van der Waals surface area contributed by atoms with Crippen LogP contribution in [0, 0.1) is 0 Å². The Hall–Kier alpha value is -3.43. The first kappa shape index (κ1) is 23.0. The van der Waals surface area contributed by atoms with Crippen molar-refractivity contribution in [2.24, 2.45) is 0 Å². The van der Waals surface area contributed by atoms with E-state index < -0.39 is 0 Å². The van der Waals surface area contributed by atoms with E-state index in [1.54, 1.807) is 7.11 Å². The van der Waals surface area contributed by atoms with Crippen LogP contribution in [0.1, 0.15) is 11.1 Å². The molecule has 1 aromatic heterocycles. The molecule has 6 rings (SSSR count). The van der Waals surface area contributed by atoms with Gasteiger partial charge in [-0.25, -0.2) is 4.98 Å². The molecule has 0 saturated carbocycles. The number of rotatable bonds is 6. The lowest BCUT2D eigenvalue weighted by Crippen LogP contribution is -2.36. The third-order valence-electron chi connectivity index (χ3n) is 6.66. The second-order valence-electron chi connectivity index (χ2n) is 8.87. The molecule has 1 fully saturated rings. The number of nitrogens with one attached hydrogen (secondary N) is 1. The van der Waals surface area contributed by atoms with Crippen molar-refractivity contribution in [1.82, 2.24) is 9.97 Å². The van der Waals surface area contributed by atoms with E-state index in [4.69, 9.17) is 35.5 Å². The first-order valence-electron chi connectivity index (χ1n) is 12.2. The molecule has 3 aliphatic rings. The fraction of sp³-hybridized carbons (Fsp3) is 0.385. The van der Waals surface area contributed by atoms with E-state index in [-0.39, 0.29) is 0 Å². The lowest BCUT2D eigenvalue weighted by molar-refractivity contribution is 0.121. The SMILES string of the molecule is COc1ccc(CN2CCc3c(Cl)nc(Nc4ccc(N5CCOCC5)c5c4OCCO5)nc32)cc1. The zero-order valence-corrected chi connectivity index (χ0v) is 20.9. The highest BCUT2D eigenvalue weighted by atomic mass is 35.5. The van der Waals surface area contributed by atoms with E-state index in [0.29, 0.717) is 43.3 Å². The maximum atomic E-state index is 6.61. The van der Waals surface area contributed by atoms with Crippen LogP contribution in [-0.2, 0) is 17.7 Å². The van der Waals surface area contributed by atoms with Crippen LogP contribution in [0.2, 0.25) is 5.15 Å². The van der Waals surface area contributed by atoms with Crippen molar-refractivity contribution in [3.8, 4) is 17.2 Å². The molecular weight excluding hydrogens is 482 g/mol. The van der Waals surface area contributed by atoms with Gasteiger partial charge in [-0.05, 0) is 36.2 Å². The number of hydrogen-bond acceptors (Lipinski definition) is 9. The van der Waals surface area contributed by atoms with Crippen molar-refractivity contribution in [2.45, 2.75) is 13.0 Å². The van der Waals surface area contributed by atoms with Gasteiger partial charge in [0.2, 0.25) is 5.95 Å². The molecule has 0 amide bonds. The van der Waals surface area contributed by atoms with Gasteiger partial charge >= 0.3 is 0 Å². The summed E-state index contributed by atoms with van der Waals surface area (Å²) in [4.78, 5) is 13.9. The highest BCUT2D eigenvalue weighted by molar-refractivity contribution is 6.30. The van der Waals surface area contributed by atoms with Gasteiger partial charge in [-0.3, -0.25) is 0 Å². The number of benzene rings is 2. The summed E-state index contributed by atoms with van der Waals surface area (Å²) in [5.41, 5.74) is 3.90. The number of aromatic nitrogens is 2. The summed E-state index contributed by atoms with van der Waals surface area (Å²) in [6.45, 7) is 5.58. The zero-order valence-electron chi connectivity index (χ0n) is 20.1. The Morgan fingerprint density at radius 3 is 2.50 bits per heavy atom. The molecule has 3 aliphatic heterocycles. The molecule has 188 valence electrons. The predicted molar refractivity (Wildman–Crippen MR) is 139 cm³/mol. The van der Waals surface area contributed by atoms with Gasteiger partial charge in [0.15, 0.2) is 11.5 Å². The minimum atomic E-state index is 0.427. The highest BCUT2D eigenvalue weighted by Gasteiger charge is 2.28. The van der Waals surface area contributed by atoms with E-state index in [2.05, 4.69) is 32.2 Å². The van der Waals surface area contributed by atoms with Crippen LogP contribution in [0.5, 0.6) is 17.2 Å². The average molecular weight is 510 g/mol. The molecule has 1 saturated heterocycles. The summed E-state index contributed by atoms with van der Waals surface area (Å²) in [5.74, 6) is 3.52. The van der Waals surface area contributed by atoms with Crippen molar-refractivity contribution >= 4 is 34.7 Å². The van der Waals surface area contributed by atoms with Crippen LogP contribution in [0.3, 0.4) is 0 Å². The van der Waals surface area contributed by atoms with E-state index >= 15 is 0 Å². The fourth-order valence-electron chi connectivity index (χ4n) is 4.83. The second-order valence-corrected chi connectivity index (χ2v) is 9.23. The Balaban J connectivity index is 1.27. The topological polar surface area (TPSA) is 81.2 Å². The Morgan fingerprint density at radius 1 is 0.944 bits per heavy atom. The standard InChI is InChI=1S/C26H28ClN5O4/c1-33-18-4-2-17(3-5-18)16-32-9-8-19-24(27)29-26(30-25(19)32)28-20-6-7-21(31-10-12-34-13-11-31)23-22(20)35-14-15-36-23/h2-7H,8-16H2,1H3,(H,28,29,30). The van der Waals surface area contributed by atoms with Gasteiger partial charge < -0.3 is 34.1 Å². The van der Waals surface area contributed by atoms with Gasteiger partial charge in [0, 0.05) is 31.7 Å². The number of halogens is 1. The molecule has 0 unspecified atom stereocenters. The monoisotopic (exact) mass is 509 g/mol. The van der Waals surface area contributed by atoms with Crippen molar-refractivity contribution in [1.29, 1.82) is 0 Å². The van der Waals surface area contributed by atoms with Crippen molar-refractivity contribution in [3.05, 3.63) is 52.7 Å². The molecule has 36 heavy (non-hydrogen) atoms. The molecule has 4 heterocycles. The van der Waals surface area contributed by atoms with Crippen molar-refractivity contribution in [3.63, 3.8) is 0 Å². The maximum Gasteiger partial charge on any atom is 0.230 e. The number of methoxy groups -OCH3 is 1. The van der Waals surface area contributed by atoms with Gasteiger partial charge in [0.05, 0.1) is 31.7 Å². The lowest BCUT2D eigenvalue weighted by atomic mass is 10.2. The van der Waals surface area contributed by atoms with Crippen LogP contribution in [0.4, 0.5) is 23.1 Å². The van der Waals surface area contributed by atoms with Crippen LogP contribution >= 0.6 is 11.6 Å². The molecular formula is C26H28ClN5O4. The van der Waals surface area contributed by atoms with Crippen LogP contribution in [-0.4, -0.2) is 63.1 Å². The fourth-order valence-corrected chi connectivity index (χ4v) is 5.09. The molecule has 0 spiro atoms. The Morgan fingerprint density at radius 2 is 1.72 bits per heavy atom. The largest absolute Gasteiger partial charge is 0.497 e. The van der Waals surface area contributed by atoms with Gasteiger partial charge in [0.1, 0.15) is 29.9 Å². The first-order chi connectivity index (χ1) is 17.7. The molecule has 2 aromatic carbocycles. The number of morpholine rings is 1. The average Bonchev–Trinajstić information content (AvgIpc) is 3.33. The summed E-state index contributed by atoms with van der Waals surface area (Å²) >= 11 is 6.61. The first-order valence-corrected chi connectivity index (χ1v) is 12.5. The molecule has 1 N–H and O–H groups in total. The minimum Gasteiger partial charge on any atom is -0.497 e. The number of hydrogen-bond donors (Lipinski definition) is 1. The summed E-state index contributed by atoms with van der Waals surface area (Å²) in [6, 6.07) is 12.1. The predicted octanol–water partition coefficient (Wildman–Crippen LogP) is 4.05. The summed E-state index contributed by atoms with van der Waals surface area (Å²) in [6.07, 6.45) is 0.811. The third-order valence-corrected chi connectivity index (χ3v) is 6.98. The summed E-state index contributed by atoms with van der Waals surface area (Å²) in [5, 5.41) is 3.80. The molecule has 0 radical (unpaired) electrons. The van der Waals surface area contributed by atoms with E-state index in [1.807, 2.05) is 24.3 Å². The van der Waals surface area contributed by atoms with Gasteiger partial charge in [0.25, 0.3) is 0 Å². The normalized spacial score (nSPS) is 16.6. The lowest BCUT2D eigenvalue weighted by Gasteiger charge is -2.32. The Labute approximate surface area is 214 Å². The molecule has 3 aromatic rings. The zero-order chi connectivity index (χ0) is 24.5. The molecule has 0 aliphatic carbocycles. The van der Waals surface area contributed by atoms with Gasteiger partial charge in [-0.1, -0.05) is 23.7 Å². The maximum absolute atomic E-state index is 6.61. The molecule has 9 nitrogen and oxygen atoms in total. The third kappa shape index (κ3) is 4.44. The van der Waals surface area contributed by atoms with Gasteiger partial charge in [-0.15, -0.1) is 0 Å². The quantitative estimate of drug-likeness (QED) is 0.495. The number of anilines is 4. The second kappa shape index (κ2) is 9.91. The van der Waals surface area contributed by atoms with E-state index in [9.17, 15) is 0 Å². The molecule has 10 heteroatoms. The van der Waals surface area contributed by atoms with Crippen LogP contribution in [0.15, 0.2) is 36.4 Å². The number of nitrogens with zero attached hydrogens (tertiary/aromatic N) is 4. The van der Waals surface area contributed by atoms with Crippen molar-refractivity contribution < 1.29 is 18.9 Å². The van der Waals surface area contributed by atoms with Crippen molar-refractivity contribution in [2.75, 3.05) is 68.3 Å². The summed E-state index contributed by atoms with van der Waals surface area (Å²) < 4.78 is 22.9. The van der Waals surface area contributed by atoms with Gasteiger partial charge in [-0.2, -0.15) is 4.98 Å².